The Bertz CT molecular complexity index is 1720. The van der Waals surface area contributed by atoms with Crippen LogP contribution in [0.25, 0.3) is 0 Å². The number of carbonyl (C=O) groups is 1. The molecule has 1 saturated carbocycles. The third-order valence-electron chi connectivity index (χ3n) is 13.3. The van der Waals surface area contributed by atoms with Crippen LogP contribution in [-0.4, -0.2) is 88.4 Å². The molecule has 1 amide bonds. The number of β-amino-alcohol motifs (C(OH)–C–C–N with tert-alkyl or cyclic N) is 1. The molecule has 9 atom stereocenters. The first-order valence-electron chi connectivity index (χ1n) is 18.5. The number of nitrogens with one attached hydrogen (secondary N) is 1. The minimum atomic E-state index is -2.94. The van der Waals surface area contributed by atoms with E-state index in [9.17, 15) is 14.1 Å². The van der Waals surface area contributed by atoms with Crippen LogP contribution in [-0.2, 0) is 26.3 Å². The predicted octanol–water partition coefficient (Wildman–Crippen LogP) is 5.61. The van der Waals surface area contributed by atoms with E-state index in [2.05, 4.69) is 39.4 Å². The van der Waals surface area contributed by atoms with Gasteiger partial charge in [0.15, 0.2) is 0 Å². The number of fused-ring (bicyclic) bond motifs is 6. The Kier molecular flexibility index (Phi) is 8.79. The molecular formula is C39H52ClN3O5S. The van der Waals surface area contributed by atoms with Crippen molar-refractivity contribution in [1.29, 1.82) is 0 Å². The molecule has 4 heterocycles. The van der Waals surface area contributed by atoms with Gasteiger partial charge in [-0.05, 0) is 123 Å². The maximum absolute atomic E-state index is 13.9. The number of aliphatic hydroxyl groups is 1. The molecule has 0 radical (unpaired) electrons. The molecule has 1 spiro atoms. The maximum Gasteiger partial charge on any atom is 0.262 e. The van der Waals surface area contributed by atoms with Gasteiger partial charge in [0, 0.05) is 53.5 Å². The number of benzene rings is 2. The lowest BCUT2D eigenvalue weighted by atomic mass is 9.62. The summed E-state index contributed by atoms with van der Waals surface area (Å²) in [5.41, 5.74) is 2.86. The number of anilines is 1. The fourth-order valence-electron chi connectivity index (χ4n) is 10.1. The smallest absolute Gasteiger partial charge is 0.262 e. The van der Waals surface area contributed by atoms with Crippen molar-refractivity contribution < 1.29 is 23.6 Å². The van der Waals surface area contributed by atoms with Gasteiger partial charge in [-0.1, -0.05) is 31.0 Å². The number of rotatable bonds is 2. The van der Waals surface area contributed by atoms with Gasteiger partial charge in [-0.15, -0.1) is 0 Å². The fourth-order valence-corrected chi connectivity index (χ4v) is 11.8. The van der Waals surface area contributed by atoms with Gasteiger partial charge in [0.05, 0.1) is 40.3 Å². The van der Waals surface area contributed by atoms with Crippen molar-refractivity contribution in [3.63, 3.8) is 0 Å². The number of morpholine rings is 1. The van der Waals surface area contributed by atoms with E-state index in [0.29, 0.717) is 37.1 Å². The van der Waals surface area contributed by atoms with Gasteiger partial charge in [0.2, 0.25) is 0 Å². The lowest BCUT2D eigenvalue weighted by Gasteiger charge is -2.51. The van der Waals surface area contributed by atoms with Crippen LogP contribution >= 0.6 is 11.6 Å². The minimum Gasteiger partial charge on any atom is -0.490 e. The van der Waals surface area contributed by atoms with E-state index < -0.39 is 15.3 Å². The first kappa shape index (κ1) is 33.8. The van der Waals surface area contributed by atoms with Crippen LogP contribution in [0.5, 0.6) is 5.75 Å². The third-order valence-corrected chi connectivity index (χ3v) is 15.7. The summed E-state index contributed by atoms with van der Waals surface area (Å²) in [6.07, 6.45) is 8.80. The molecule has 10 heteroatoms. The molecule has 4 aliphatic heterocycles. The van der Waals surface area contributed by atoms with E-state index in [-0.39, 0.29) is 34.5 Å². The zero-order chi connectivity index (χ0) is 34.1. The Hall–Kier alpha value is -2.30. The summed E-state index contributed by atoms with van der Waals surface area (Å²) in [5.74, 6) is 4.97. The molecule has 6 aliphatic rings. The van der Waals surface area contributed by atoms with Crippen LogP contribution in [0.3, 0.4) is 0 Å². The largest absolute Gasteiger partial charge is 0.490 e. The molecule has 49 heavy (non-hydrogen) atoms. The van der Waals surface area contributed by atoms with Crippen molar-refractivity contribution in [3.05, 3.63) is 58.1 Å². The Morgan fingerprint density at radius 3 is 2.71 bits per heavy atom. The van der Waals surface area contributed by atoms with Crippen molar-refractivity contribution in [2.75, 3.05) is 44.3 Å². The molecule has 2 N–H and O–H groups in total. The van der Waals surface area contributed by atoms with Gasteiger partial charge < -0.3 is 19.5 Å². The van der Waals surface area contributed by atoms with Crippen molar-refractivity contribution in [3.8, 4) is 5.75 Å². The normalized spacial score (nSPS) is 39.3. The first-order valence-corrected chi connectivity index (χ1v) is 20.7. The maximum atomic E-state index is 13.9. The van der Waals surface area contributed by atoms with Crippen LogP contribution in [0, 0.1) is 17.8 Å². The number of nitrogens with zero attached hydrogens (tertiary/aromatic N) is 2. The van der Waals surface area contributed by atoms with Crippen molar-refractivity contribution >= 4 is 38.8 Å². The molecule has 4 bridgehead atoms. The van der Waals surface area contributed by atoms with E-state index in [1.165, 1.54) is 11.1 Å². The lowest BCUT2D eigenvalue weighted by molar-refractivity contribution is -0.115. The summed E-state index contributed by atoms with van der Waals surface area (Å²) in [7, 11) is -2.94. The summed E-state index contributed by atoms with van der Waals surface area (Å²) in [4.78, 5) is 18.7. The van der Waals surface area contributed by atoms with Crippen molar-refractivity contribution in [2.24, 2.45) is 17.8 Å². The zero-order valence-corrected chi connectivity index (χ0v) is 30.6. The van der Waals surface area contributed by atoms with Gasteiger partial charge in [-0.3, -0.25) is 14.4 Å². The zero-order valence-electron chi connectivity index (χ0n) is 29.0. The van der Waals surface area contributed by atoms with E-state index >= 15 is 0 Å². The fraction of sp³-hybridized carbons (Fsp3) is 0.641. The van der Waals surface area contributed by atoms with Crippen LogP contribution in [0.15, 0.2) is 36.4 Å². The molecule has 2 aromatic carbocycles. The van der Waals surface area contributed by atoms with Crippen LogP contribution in [0.2, 0.25) is 5.02 Å². The topological polar surface area (TPSA) is 91.3 Å². The quantitative estimate of drug-likeness (QED) is 0.392. The van der Waals surface area contributed by atoms with Gasteiger partial charge >= 0.3 is 0 Å². The number of likely N-dealkylation sites (tertiary alicyclic amines) is 1. The number of aryl methyl sites for hydroxylation is 1. The Morgan fingerprint density at radius 2 is 1.96 bits per heavy atom. The van der Waals surface area contributed by atoms with Crippen LogP contribution < -0.4 is 14.4 Å². The van der Waals surface area contributed by atoms with Crippen molar-refractivity contribution in [1.82, 2.24) is 9.62 Å². The standard InChI is InChI=1S/C39H52ClN3O5S/c1-25-6-4-15-39(45,23-42-20-32-18-31(42)21-47-32)34-11-8-29(34)19-43-22-38(14-5-7-27-16-30(40)10-12-33(27)38)24-48-36-13-9-28(17-35(36)43)37(44)41-49(3,46)26(25)2/h9-10,12-13,16-17,25-26,29,31-32,34,45H,3-8,11,14-15,18-24H2,1-2H3,(H,41,44,46)/t25-,26+,29-,31+,32+,34+,38-,39-,49?/m0/s1. The molecule has 8 nitrogen and oxygen atoms in total. The number of amides is 1. The molecule has 2 aromatic rings. The van der Waals surface area contributed by atoms with Crippen LogP contribution in [0.4, 0.5) is 5.69 Å². The molecular weight excluding hydrogens is 658 g/mol. The minimum absolute atomic E-state index is 0.0659. The molecule has 2 saturated heterocycles. The molecule has 0 aromatic heterocycles. The highest BCUT2D eigenvalue weighted by Gasteiger charge is 2.51. The summed E-state index contributed by atoms with van der Waals surface area (Å²) >= 11 is 6.48. The first-order chi connectivity index (χ1) is 23.4. The molecule has 3 fully saturated rings. The number of halogens is 1. The second-order valence-electron chi connectivity index (χ2n) is 16.3. The summed E-state index contributed by atoms with van der Waals surface area (Å²) < 4.78 is 29.4. The Morgan fingerprint density at radius 1 is 1.10 bits per heavy atom. The van der Waals surface area contributed by atoms with Gasteiger partial charge in [0.1, 0.15) is 5.75 Å². The lowest BCUT2D eigenvalue weighted by Crippen LogP contribution is -2.58. The number of hydrogen-bond acceptors (Lipinski definition) is 7. The van der Waals surface area contributed by atoms with Gasteiger partial charge in [-0.25, -0.2) is 4.21 Å². The number of ether oxygens (including phenoxy) is 2. The predicted molar refractivity (Wildman–Crippen MR) is 196 cm³/mol. The highest BCUT2D eigenvalue weighted by molar-refractivity contribution is 7.99. The molecule has 266 valence electrons. The van der Waals surface area contributed by atoms with E-state index in [1.807, 2.05) is 25.1 Å². The van der Waals surface area contributed by atoms with Gasteiger partial charge in [-0.2, -0.15) is 0 Å². The van der Waals surface area contributed by atoms with Crippen LogP contribution in [0.1, 0.15) is 86.7 Å². The van der Waals surface area contributed by atoms with E-state index in [1.54, 1.807) is 6.07 Å². The summed E-state index contributed by atoms with van der Waals surface area (Å²) in [6, 6.07) is 12.3. The third kappa shape index (κ3) is 6.19. The second kappa shape index (κ2) is 12.7. The van der Waals surface area contributed by atoms with E-state index in [0.717, 1.165) is 94.1 Å². The SMILES string of the molecule is C=S1(=O)NC(=O)c2ccc3c(c2)N(C[C@@H]2CC[C@H]2[C@@](O)(CN2C[C@H]4C[C@@H]2CO4)CCC[C@H](C)[C@H]1C)C[C@@]1(CCCc2cc(Cl)ccc21)CO3. The number of hydrogen-bond donors (Lipinski definition) is 2. The molecule has 8 rings (SSSR count). The molecule has 1 unspecified atom stereocenters. The summed E-state index contributed by atoms with van der Waals surface area (Å²) in [5, 5.41) is 13.2. The second-order valence-corrected chi connectivity index (χ2v) is 19.2. The van der Waals surface area contributed by atoms with E-state index in [4.69, 9.17) is 21.1 Å². The highest BCUT2D eigenvalue weighted by Crippen LogP contribution is 2.49. The average Bonchev–Trinajstić information content (AvgIpc) is 3.63. The average molecular weight is 710 g/mol. The molecule has 2 aliphatic carbocycles. The number of carbonyl (C=O) groups excluding carboxylic acids is 1. The van der Waals surface area contributed by atoms with Crippen molar-refractivity contribution in [2.45, 2.75) is 100 Å². The van der Waals surface area contributed by atoms with Gasteiger partial charge in [0.25, 0.3) is 5.91 Å². The monoisotopic (exact) mass is 709 g/mol. The Labute approximate surface area is 297 Å². The Balaban J connectivity index is 1.18. The highest BCUT2D eigenvalue weighted by atomic mass is 35.5. The summed E-state index contributed by atoms with van der Waals surface area (Å²) in [6.45, 7) is 8.41.